The van der Waals surface area contributed by atoms with E-state index in [-0.39, 0.29) is 5.91 Å². The second kappa shape index (κ2) is 8.23. The predicted octanol–water partition coefficient (Wildman–Crippen LogP) is 2.25. The van der Waals surface area contributed by atoms with Crippen molar-refractivity contribution in [3.8, 4) is 0 Å². The van der Waals surface area contributed by atoms with E-state index in [1.54, 1.807) is 24.5 Å². The molecule has 78 valence electrons. The number of carbonyl (C=O) groups is 1. The Balaban J connectivity index is 0.000000791. The van der Waals surface area contributed by atoms with Gasteiger partial charge in [0.25, 0.3) is 5.91 Å². The first kappa shape index (κ1) is 12.6. The van der Waals surface area contributed by atoms with Crippen molar-refractivity contribution in [3.63, 3.8) is 0 Å². The molecule has 1 amide bonds. The molecule has 14 heavy (non-hydrogen) atoms. The molecule has 0 radical (unpaired) electrons. The Hall–Kier alpha value is -1.38. The summed E-state index contributed by atoms with van der Waals surface area (Å²) in [7, 11) is 0. The van der Waals surface area contributed by atoms with E-state index in [0.717, 1.165) is 13.0 Å². The lowest BCUT2D eigenvalue weighted by molar-refractivity contribution is 0.0953. The Morgan fingerprint density at radius 3 is 2.43 bits per heavy atom. The monoisotopic (exact) mass is 194 g/mol. The highest BCUT2D eigenvalue weighted by atomic mass is 16.1. The summed E-state index contributed by atoms with van der Waals surface area (Å²) >= 11 is 0. The molecule has 0 aliphatic rings. The summed E-state index contributed by atoms with van der Waals surface area (Å²) in [4.78, 5) is 15.1. The third-order valence-corrected chi connectivity index (χ3v) is 1.48. The van der Waals surface area contributed by atoms with Crippen LogP contribution in [-0.2, 0) is 0 Å². The average molecular weight is 194 g/mol. The van der Waals surface area contributed by atoms with Crippen molar-refractivity contribution >= 4 is 5.91 Å². The minimum atomic E-state index is -0.0285. The van der Waals surface area contributed by atoms with Gasteiger partial charge in [-0.1, -0.05) is 20.8 Å². The van der Waals surface area contributed by atoms with Crippen molar-refractivity contribution in [2.24, 2.45) is 0 Å². The van der Waals surface area contributed by atoms with Gasteiger partial charge in [0.2, 0.25) is 0 Å². The third kappa shape index (κ3) is 4.60. The number of hydrogen-bond acceptors (Lipinski definition) is 2. The van der Waals surface area contributed by atoms with Gasteiger partial charge in [-0.2, -0.15) is 0 Å². The van der Waals surface area contributed by atoms with E-state index in [4.69, 9.17) is 0 Å². The molecule has 1 aromatic rings. The largest absolute Gasteiger partial charge is 0.352 e. The molecule has 0 fully saturated rings. The number of nitrogens with zero attached hydrogens (tertiary/aromatic N) is 1. The van der Waals surface area contributed by atoms with Crippen LogP contribution in [0, 0.1) is 0 Å². The molecule has 0 aliphatic heterocycles. The second-order valence-electron chi connectivity index (χ2n) is 2.49. The van der Waals surface area contributed by atoms with Gasteiger partial charge in [0, 0.05) is 24.5 Å². The zero-order chi connectivity index (χ0) is 10.8. The minimum Gasteiger partial charge on any atom is -0.352 e. The van der Waals surface area contributed by atoms with Crippen molar-refractivity contribution in [1.29, 1.82) is 0 Å². The molecule has 0 saturated carbocycles. The second-order valence-corrected chi connectivity index (χ2v) is 2.49. The van der Waals surface area contributed by atoms with Gasteiger partial charge in [-0.05, 0) is 18.6 Å². The lowest BCUT2D eigenvalue weighted by Gasteiger charge is -2.01. The van der Waals surface area contributed by atoms with Crippen molar-refractivity contribution in [1.82, 2.24) is 10.3 Å². The highest BCUT2D eigenvalue weighted by molar-refractivity contribution is 5.93. The molecule has 0 unspecified atom stereocenters. The Morgan fingerprint density at radius 2 is 1.93 bits per heavy atom. The molecular weight excluding hydrogens is 176 g/mol. The fourth-order valence-electron chi connectivity index (χ4n) is 0.844. The summed E-state index contributed by atoms with van der Waals surface area (Å²) in [5.74, 6) is -0.0285. The van der Waals surface area contributed by atoms with Gasteiger partial charge in [0.15, 0.2) is 0 Å². The third-order valence-electron chi connectivity index (χ3n) is 1.48. The summed E-state index contributed by atoms with van der Waals surface area (Å²) in [5.41, 5.74) is 0.665. The van der Waals surface area contributed by atoms with Crippen molar-refractivity contribution < 1.29 is 4.79 Å². The Bertz CT molecular complexity index is 247. The van der Waals surface area contributed by atoms with Crippen molar-refractivity contribution in [2.45, 2.75) is 27.2 Å². The average Bonchev–Trinajstić information content (AvgIpc) is 2.30. The normalized spacial score (nSPS) is 8.50. The van der Waals surface area contributed by atoms with Gasteiger partial charge in [0.05, 0.1) is 0 Å². The SMILES string of the molecule is CC.CCCNC(=O)c1ccncc1. The topological polar surface area (TPSA) is 42.0 Å². The summed E-state index contributed by atoms with van der Waals surface area (Å²) < 4.78 is 0. The number of hydrogen-bond donors (Lipinski definition) is 1. The fourth-order valence-corrected chi connectivity index (χ4v) is 0.844. The van der Waals surface area contributed by atoms with E-state index in [1.807, 2.05) is 20.8 Å². The minimum absolute atomic E-state index is 0.0285. The molecule has 1 heterocycles. The maximum atomic E-state index is 11.3. The highest BCUT2D eigenvalue weighted by Gasteiger charge is 2.01. The zero-order valence-corrected chi connectivity index (χ0v) is 9.08. The lowest BCUT2D eigenvalue weighted by Crippen LogP contribution is -2.23. The highest BCUT2D eigenvalue weighted by Crippen LogP contribution is 1.94. The number of amides is 1. The van der Waals surface area contributed by atoms with E-state index in [9.17, 15) is 4.79 Å². The van der Waals surface area contributed by atoms with E-state index in [1.165, 1.54) is 0 Å². The number of pyridine rings is 1. The van der Waals surface area contributed by atoms with Gasteiger partial charge in [-0.15, -0.1) is 0 Å². The first-order chi connectivity index (χ1) is 6.84. The van der Waals surface area contributed by atoms with Crippen LogP contribution in [0.3, 0.4) is 0 Å². The quantitative estimate of drug-likeness (QED) is 0.801. The molecule has 0 bridgehead atoms. The van der Waals surface area contributed by atoms with E-state index in [0.29, 0.717) is 5.56 Å². The summed E-state index contributed by atoms with van der Waals surface area (Å²) in [5, 5.41) is 2.78. The van der Waals surface area contributed by atoms with Crippen LogP contribution in [-0.4, -0.2) is 17.4 Å². The van der Waals surface area contributed by atoms with E-state index < -0.39 is 0 Å². The molecule has 1 aromatic heterocycles. The molecule has 1 N–H and O–H groups in total. The Labute approximate surface area is 85.6 Å². The maximum absolute atomic E-state index is 11.3. The smallest absolute Gasteiger partial charge is 0.251 e. The summed E-state index contributed by atoms with van der Waals surface area (Å²) in [6.07, 6.45) is 4.18. The predicted molar refractivity (Wildman–Crippen MR) is 58.2 cm³/mol. The van der Waals surface area contributed by atoms with Crippen LogP contribution in [0.4, 0.5) is 0 Å². The van der Waals surface area contributed by atoms with Crippen molar-refractivity contribution in [2.75, 3.05) is 6.54 Å². The summed E-state index contributed by atoms with van der Waals surface area (Å²) in [6, 6.07) is 3.40. The molecule has 1 rings (SSSR count). The Morgan fingerprint density at radius 1 is 1.36 bits per heavy atom. The number of nitrogens with one attached hydrogen (secondary N) is 1. The Kier molecular flexibility index (Phi) is 7.42. The molecule has 0 atom stereocenters. The van der Waals surface area contributed by atoms with Crippen molar-refractivity contribution in [3.05, 3.63) is 30.1 Å². The lowest BCUT2D eigenvalue weighted by atomic mass is 10.2. The molecular formula is C11H18N2O. The number of aromatic nitrogens is 1. The van der Waals surface area contributed by atoms with Crippen LogP contribution < -0.4 is 5.32 Å². The first-order valence-corrected chi connectivity index (χ1v) is 5.03. The molecule has 3 nitrogen and oxygen atoms in total. The van der Waals surface area contributed by atoms with Gasteiger partial charge < -0.3 is 5.32 Å². The van der Waals surface area contributed by atoms with Crippen LogP contribution in [0.1, 0.15) is 37.6 Å². The van der Waals surface area contributed by atoms with Gasteiger partial charge in [-0.3, -0.25) is 9.78 Å². The van der Waals surface area contributed by atoms with Gasteiger partial charge in [0.1, 0.15) is 0 Å². The van der Waals surface area contributed by atoms with Crippen LogP contribution in [0.25, 0.3) is 0 Å². The maximum Gasteiger partial charge on any atom is 0.251 e. The standard InChI is InChI=1S/C9H12N2O.C2H6/c1-2-5-11-9(12)8-3-6-10-7-4-8;1-2/h3-4,6-7H,2,5H2,1H3,(H,11,12);1-2H3. The molecule has 0 aromatic carbocycles. The van der Waals surface area contributed by atoms with Crippen LogP contribution in [0.2, 0.25) is 0 Å². The zero-order valence-electron chi connectivity index (χ0n) is 9.08. The van der Waals surface area contributed by atoms with E-state index in [2.05, 4.69) is 10.3 Å². The number of rotatable bonds is 3. The fraction of sp³-hybridized carbons (Fsp3) is 0.455. The van der Waals surface area contributed by atoms with Gasteiger partial charge in [-0.25, -0.2) is 0 Å². The van der Waals surface area contributed by atoms with Crippen LogP contribution >= 0.6 is 0 Å². The molecule has 0 spiro atoms. The number of carbonyl (C=O) groups excluding carboxylic acids is 1. The van der Waals surface area contributed by atoms with Crippen LogP contribution in [0.5, 0.6) is 0 Å². The molecule has 3 heteroatoms. The van der Waals surface area contributed by atoms with Gasteiger partial charge >= 0.3 is 0 Å². The van der Waals surface area contributed by atoms with E-state index >= 15 is 0 Å². The van der Waals surface area contributed by atoms with Crippen LogP contribution in [0.15, 0.2) is 24.5 Å². The molecule has 0 saturated heterocycles. The molecule has 0 aliphatic carbocycles. The first-order valence-electron chi connectivity index (χ1n) is 5.03. The summed E-state index contributed by atoms with van der Waals surface area (Å²) in [6.45, 7) is 6.74.